The van der Waals surface area contributed by atoms with E-state index in [1.54, 1.807) is 6.08 Å². The summed E-state index contributed by atoms with van der Waals surface area (Å²) in [5.41, 5.74) is 0.740. The van der Waals surface area contributed by atoms with Crippen molar-refractivity contribution >= 4 is 12.3 Å². The van der Waals surface area contributed by atoms with Gasteiger partial charge in [-0.25, -0.2) is 0 Å². The van der Waals surface area contributed by atoms with Crippen LogP contribution in [0, 0.1) is 23.2 Å². The van der Waals surface area contributed by atoms with Gasteiger partial charge in [0.05, 0.1) is 18.6 Å². The number of aliphatic hydroxyl groups excluding tert-OH is 1. The van der Waals surface area contributed by atoms with Crippen LogP contribution in [0.5, 0.6) is 0 Å². The number of ether oxygens (including phenoxy) is 1. The Bertz CT molecular complexity index is 453. The Labute approximate surface area is 153 Å². The van der Waals surface area contributed by atoms with Crippen molar-refractivity contribution in [1.82, 2.24) is 0 Å². The minimum absolute atomic E-state index is 0.0425. The molecule has 0 aromatic heterocycles. The maximum absolute atomic E-state index is 12.1. The molecule has 0 aliphatic carbocycles. The van der Waals surface area contributed by atoms with Gasteiger partial charge in [-0.15, -0.1) is 0 Å². The number of hydrogen-bond donors (Lipinski definition) is 1. The van der Waals surface area contributed by atoms with E-state index in [9.17, 15) is 9.59 Å². The lowest BCUT2D eigenvalue weighted by Gasteiger charge is -2.30. The molecular weight excluding hydrogens is 316 g/mol. The number of allylic oxidation sites excluding steroid dienone is 3. The molecule has 0 bridgehead atoms. The molecule has 0 amide bonds. The fraction of sp³-hybridized carbons (Fsp3) is 0.714. The molecule has 4 nitrogen and oxygen atoms in total. The van der Waals surface area contributed by atoms with E-state index in [0.717, 1.165) is 19.1 Å². The van der Waals surface area contributed by atoms with Crippen molar-refractivity contribution in [2.24, 2.45) is 23.2 Å². The van der Waals surface area contributed by atoms with Crippen LogP contribution < -0.4 is 0 Å². The van der Waals surface area contributed by atoms with E-state index < -0.39 is 5.41 Å². The molecule has 0 radical (unpaired) electrons. The highest BCUT2D eigenvalue weighted by molar-refractivity contribution is 5.75. The number of rotatable bonds is 11. The van der Waals surface area contributed by atoms with E-state index in [-0.39, 0.29) is 30.3 Å². The number of aliphatic hydroxyl groups is 1. The van der Waals surface area contributed by atoms with Crippen LogP contribution in [0.2, 0.25) is 0 Å². The predicted molar refractivity (Wildman–Crippen MR) is 102 cm³/mol. The Morgan fingerprint density at radius 1 is 1.24 bits per heavy atom. The van der Waals surface area contributed by atoms with E-state index >= 15 is 0 Å². The molecule has 0 saturated carbocycles. The van der Waals surface area contributed by atoms with Gasteiger partial charge in [0.25, 0.3) is 0 Å². The Balaban J connectivity index is 5.17. The predicted octanol–water partition coefficient (Wildman–Crippen LogP) is 4.33. The molecule has 3 atom stereocenters. The molecule has 0 unspecified atom stereocenters. The summed E-state index contributed by atoms with van der Waals surface area (Å²) in [5.74, 6) is 0.0608. The average Bonchev–Trinajstić information content (AvgIpc) is 2.50. The van der Waals surface area contributed by atoms with Gasteiger partial charge in [0.2, 0.25) is 0 Å². The van der Waals surface area contributed by atoms with Gasteiger partial charge in [-0.2, -0.15) is 0 Å². The van der Waals surface area contributed by atoms with Crippen LogP contribution in [0.25, 0.3) is 0 Å². The van der Waals surface area contributed by atoms with Crippen LogP contribution >= 0.6 is 0 Å². The summed E-state index contributed by atoms with van der Waals surface area (Å²) in [6.45, 7) is 12.0. The largest absolute Gasteiger partial charge is 0.465 e. The second kappa shape index (κ2) is 12.0. The van der Waals surface area contributed by atoms with Crippen LogP contribution in [0.4, 0.5) is 0 Å². The lowest BCUT2D eigenvalue weighted by atomic mass is 9.79. The molecular formula is C21H36O4. The fourth-order valence-corrected chi connectivity index (χ4v) is 2.69. The van der Waals surface area contributed by atoms with Gasteiger partial charge in [-0.3, -0.25) is 4.79 Å². The van der Waals surface area contributed by atoms with Crippen molar-refractivity contribution in [2.45, 2.75) is 60.8 Å². The third-order valence-electron chi connectivity index (χ3n) is 4.33. The molecule has 25 heavy (non-hydrogen) atoms. The molecule has 0 aliphatic heterocycles. The van der Waals surface area contributed by atoms with Gasteiger partial charge < -0.3 is 14.6 Å². The summed E-state index contributed by atoms with van der Waals surface area (Å²) in [5, 5.41) is 9.06. The summed E-state index contributed by atoms with van der Waals surface area (Å²) in [4.78, 5) is 23.2. The van der Waals surface area contributed by atoms with E-state index in [1.807, 2.05) is 26.8 Å². The second-order valence-electron chi connectivity index (χ2n) is 8.03. The van der Waals surface area contributed by atoms with Crippen molar-refractivity contribution in [2.75, 3.05) is 13.2 Å². The highest BCUT2D eigenvalue weighted by Gasteiger charge is 2.29. The van der Waals surface area contributed by atoms with Crippen molar-refractivity contribution in [3.63, 3.8) is 0 Å². The highest BCUT2D eigenvalue weighted by atomic mass is 16.5. The lowest BCUT2D eigenvalue weighted by molar-refractivity contribution is -0.155. The van der Waals surface area contributed by atoms with Crippen LogP contribution in [-0.4, -0.2) is 30.6 Å². The minimum Gasteiger partial charge on any atom is -0.465 e. The fourth-order valence-electron chi connectivity index (χ4n) is 2.69. The zero-order valence-electron chi connectivity index (χ0n) is 16.7. The third-order valence-corrected chi connectivity index (χ3v) is 4.33. The smallest absolute Gasteiger partial charge is 0.311 e. The van der Waals surface area contributed by atoms with Gasteiger partial charge in [0.15, 0.2) is 0 Å². The summed E-state index contributed by atoms with van der Waals surface area (Å²) in [7, 11) is 0. The van der Waals surface area contributed by atoms with Crippen LogP contribution in [0.3, 0.4) is 0 Å². The Morgan fingerprint density at radius 2 is 1.88 bits per heavy atom. The van der Waals surface area contributed by atoms with Crippen molar-refractivity contribution in [3.05, 3.63) is 23.8 Å². The van der Waals surface area contributed by atoms with Gasteiger partial charge in [0, 0.05) is 12.3 Å². The van der Waals surface area contributed by atoms with Crippen LogP contribution in [0.1, 0.15) is 60.8 Å². The number of aldehydes is 1. The first-order valence-corrected chi connectivity index (χ1v) is 9.15. The SMILES string of the molecule is CC(C)=CCC[C@@H](C)[C@H](COC(=O)C(C)(C)C)[C@@H](/C=C/CO)CC=O. The van der Waals surface area contributed by atoms with Gasteiger partial charge >= 0.3 is 5.97 Å². The van der Waals surface area contributed by atoms with Crippen LogP contribution in [-0.2, 0) is 14.3 Å². The molecule has 0 rings (SSSR count). The molecule has 0 aromatic rings. The Kier molecular flexibility index (Phi) is 11.3. The molecule has 0 heterocycles. The molecule has 0 aliphatic rings. The van der Waals surface area contributed by atoms with Gasteiger partial charge in [-0.1, -0.05) is 30.7 Å². The van der Waals surface area contributed by atoms with Crippen molar-refractivity contribution in [3.8, 4) is 0 Å². The first-order chi connectivity index (χ1) is 11.6. The van der Waals surface area contributed by atoms with E-state index in [2.05, 4.69) is 26.8 Å². The normalized spacial score (nSPS) is 15.5. The maximum Gasteiger partial charge on any atom is 0.311 e. The topological polar surface area (TPSA) is 63.6 Å². The zero-order valence-corrected chi connectivity index (χ0v) is 16.7. The van der Waals surface area contributed by atoms with Crippen molar-refractivity contribution < 1.29 is 19.4 Å². The van der Waals surface area contributed by atoms with Crippen molar-refractivity contribution in [1.29, 1.82) is 0 Å². The Hall–Kier alpha value is -1.42. The van der Waals surface area contributed by atoms with E-state index in [4.69, 9.17) is 9.84 Å². The maximum atomic E-state index is 12.1. The molecule has 144 valence electrons. The number of hydrogen-bond acceptors (Lipinski definition) is 4. The molecule has 0 aromatic carbocycles. The number of carbonyl (C=O) groups excluding carboxylic acids is 2. The quantitative estimate of drug-likeness (QED) is 0.341. The monoisotopic (exact) mass is 352 g/mol. The highest BCUT2D eigenvalue weighted by Crippen LogP contribution is 2.30. The van der Waals surface area contributed by atoms with Crippen LogP contribution in [0.15, 0.2) is 23.8 Å². The first-order valence-electron chi connectivity index (χ1n) is 9.15. The molecule has 0 spiro atoms. The lowest BCUT2D eigenvalue weighted by Crippen LogP contribution is -2.31. The zero-order chi connectivity index (χ0) is 19.5. The molecule has 0 fully saturated rings. The average molecular weight is 353 g/mol. The standard InChI is InChI=1S/C21H36O4/c1-16(2)9-7-10-17(3)19(15-25-20(24)21(4,5)6)18(12-14-23)11-8-13-22/h8-9,11,14,17-19,22H,7,10,12-13,15H2,1-6H3/b11-8+/t17-,18+,19+/m1/s1. The summed E-state index contributed by atoms with van der Waals surface area (Å²) in [6.07, 6.45) is 8.93. The van der Waals surface area contributed by atoms with E-state index in [0.29, 0.717) is 13.0 Å². The van der Waals surface area contributed by atoms with Gasteiger partial charge in [-0.05, 0) is 59.3 Å². The van der Waals surface area contributed by atoms with E-state index in [1.165, 1.54) is 5.57 Å². The molecule has 0 saturated heterocycles. The Morgan fingerprint density at radius 3 is 2.36 bits per heavy atom. The number of esters is 1. The summed E-state index contributed by atoms with van der Waals surface area (Å²) < 4.78 is 5.56. The summed E-state index contributed by atoms with van der Waals surface area (Å²) >= 11 is 0. The minimum atomic E-state index is -0.545. The molecule has 1 N–H and O–H groups in total. The number of carbonyl (C=O) groups is 2. The molecule has 4 heteroatoms. The first kappa shape index (κ1) is 23.6. The third kappa shape index (κ3) is 10.2. The second-order valence-corrected chi connectivity index (χ2v) is 8.03. The summed E-state index contributed by atoms with van der Waals surface area (Å²) in [6, 6.07) is 0. The van der Waals surface area contributed by atoms with Gasteiger partial charge in [0.1, 0.15) is 6.29 Å².